The summed E-state index contributed by atoms with van der Waals surface area (Å²) < 4.78 is 5.59. The number of rotatable bonds is 4. The highest BCUT2D eigenvalue weighted by molar-refractivity contribution is 7.80. The van der Waals surface area contributed by atoms with Crippen LogP contribution in [0.5, 0.6) is 5.75 Å². The molecule has 0 unspecified atom stereocenters. The molecule has 2 heterocycles. The second-order valence-corrected chi connectivity index (χ2v) is 8.61. The van der Waals surface area contributed by atoms with Gasteiger partial charge in [0.15, 0.2) is 5.11 Å². The summed E-state index contributed by atoms with van der Waals surface area (Å²) in [6.45, 7) is 3.82. The third kappa shape index (κ3) is 4.23. The Morgan fingerprint density at radius 2 is 1.88 bits per heavy atom. The first-order valence-corrected chi connectivity index (χ1v) is 11.3. The van der Waals surface area contributed by atoms with Crippen LogP contribution in [0, 0.1) is 6.92 Å². The van der Waals surface area contributed by atoms with E-state index in [0.29, 0.717) is 27.6 Å². The van der Waals surface area contributed by atoms with Gasteiger partial charge < -0.3 is 9.64 Å². The van der Waals surface area contributed by atoms with E-state index in [9.17, 15) is 9.59 Å². The molecule has 2 fully saturated rings. The van der Waals surface area contributed by atoms with Crippen molar-refractivity contribution >= 4 is 58.2 Å². The largest absolute Gasteiger partial charge is 0.496 e. The van der Waals surface area contributed by atoms with Gasteiger partial charge in [-0.05, 0) is 74.3 Å². The third-order valence-corrected chi connectivity index (χ3v) is 6.51. The summed E-state index contributed by atoms with van der Waals surface area (Å²) in [5.74, 6) is -0.454. The van der Waals surface area contributed by atoms with Crippen LogP contribution in [0.25, 0.3) is 6.08 Å². The molecule has 0 radical (unpaired) electrons. The monoisotopic (exact) mass is 469 g/mol. The highest BCUT2D eigenvalue weighted by Crippen LogP contribution is 2.32. The first kappa shape index (κ1) is 22.3. The maximum absolute atomic E-state index is 13.3. The smallest absolute Gasteiger partial charge is 0.270 e. The molecule has 2 aromatic rings. The molecule has 0 spiro atoms. The second kappa shape index (κ2) is 9.30. The van der Waals surface area contributed by atoms with Crippen LogP contribution in [0.15, 0.2) is 42.0 Å². The summed E-state index contributed by atoms with van der Waals surface area (Å²) >= 11 is 11.5. The number of hydrogen-bond donors (Lipinski definition) is 1. The number of nitrogens with one attached hydrogen (secondary N) is 1. The van der Waals surface area contributed by atoms with E-state index in [0.717, 1.165) is 18.8 Å². The molecule has 2 aliphatic rings. The summed E-state index contributed by atoms with van der Waals surface area (Å²) in [4.78, 5) is 29.6. The number of nitrogens with zero attached hydrogens (tertiary/aromatic N) is 2. The first-order chi connectivity index (χ1) is 15.4. The Morgan fingerprint density at radius 1 is 1.12 bits per heavy atom. The van der Waals surface area contributed by atoms with Crippen molar-refractivity contribution in [3.05, 3.63) is 58.1 Å². The summed E-state index contributed by atoms with van der Waals surface area (Å²) in [5, 5.41) is 3.15. The number of carbonyl (C=O) groups excluding carboxylic acids is 2. The van der Waals surface area contributed by atoms with Gasteiger partial charge in [-0.15, -0.1) is 0 Å². The van der Waals surface area contributed by atoms with Gasteiger partial charge in [-0.2, -0.15) is 0 Å². The van der Waals surface area contributed by atoms with Crippen molar-refractivity contribution in [1.29, 1.82) is 0 Å². The van der Waals surface area contributed by atoms with Crippen molar-refractivity contribution in [2.45, 2.75) is 26.2 Å². The molecular formula is C24H24ClN3O3S. The molecular weight excluding hydrogens is 446 g/mol. The van der Waals surface area contributed by atoms with Gasteiger partial charge in [0.2, 0.25) is 0 Å². The van der Waals surface area contributed by atoms with E-state index in [4.69, 9.17) is 28.6 Å². The summed E-state index contributed by atoms with van der Waals surface area (Å²) in [6.07, 6.45) is 5.13. The molecule has 32 heavy (non-hydrogen) atoms. The highest BCUT2D eigenvalue weighted by Gasteiger charge is 2.35. The number of piperidine rings is 1. The average molecular weight is 470 g/mol. The van der Waals surface area contributed by atoms with Gasteiger partial charge in [-0.3, -0.25) is 19.8 Å². The normalized spacial score (nSPS) is 18.2. The van der Waals surface area contributed by atoms with Crippen LogP contribution in [0.4, 0.5) is 11.4 Å². The van der Waals surface area contributed by atoms with Crippen molar-refractivity contribution in [2.75, 3.05) is 30.0 Å². The molecule has 0 aromatic heterocycles. The Balaban J connectivity index is 1.70. The first-order valence-electron chi connectivity index (χ1n) is 10.5. The van der Waals surface area contributed by atoms with Gasteiger partial charge in [0, 0.05) is 35.4 Å². The zero-order chi connectivity index (χ0) is 22.8. The third-order valence-electron chi connectivity index (χ3n) is 5.82. The van der Waals surface area contributed by atoms with Crippen LogP contribution in [0.3, 0.4) is 0 Å². The lowest BCUT2D eigenvalue weighted by molar-refractivity contribution is -0.122. The maximum atomic E-state index is 13.3. The Labute approximate surface area is 197 Å². The predicted octanol–water partition coefficient (Wildman–Crippen LogP) is 4.48. The lowest BCUT2D eigenvalue weighted by atomic mass is 10.0. The van der Waals surface area contributed by atoms with Crippen LogP contribution in [0.2, 0.25) is 5.02 Å². The molecule has 2 aliphatic heterocycles. The lowest BCUT2D eigenvalue weighted by Gasteiger charge is -2.30. The van der Waals surface area contributed by atoms with Crippen molar-refractivity contribution in [1.82, 2.24) is 5.32 Å². The minimum Gasteiger partial charge on any atom is -0.496 e. The molecule has 166 valence electrons. The van der Waals surface area contributed by atoms with E-state index >= 15 is 0 Å². The topological polar surface area (TPSA) is 61.9 Å². The molecule has 6 nitrogen and oxygen atoms in total. The van der Waals surface area contributed by atoms with E-state index in [1.807, 2.05) is 18.2 Å². The predicted molar refractivity (Wildman–Crippen MR) is 131 cm³/mol. The minimum atomic E-state index is -0.543. The number of thiocarbonyl (C=S) groups is 1. The van der Waals surface area contributed by atoms with Gasteiger partial charge in [0.05, 0.1) is 12.8 Å². The van der Waals surface area contributed by atoms with E-state index in [1.165, 1.54) is 24.2 Å². The highest BCUT2D eigenvalue weighted by atomic mass is 35.5. The Kier molecular flexibility index (Phi) is 6.48. The Bertz CT molecular complexity index is 1130. The van der Waals surface area contributed by atoms with Crippen LogP contribution >= 0.6 is 23.8 Å². The van der Waals surface area contributed by atoms with E-state index in [-0.39, 0.29) is 10.7 Å². The van der Waals surface area contributed by atoms with E-state index in [2.05, 4.69) is 10.2 Å². The Morgan fingerprint density at radius 3 is 2.59 bits per heavy atom. The van der Waals surface area contributed by atoms with E-state index < -0.39 is 11.8 Å². The minimum absolute atomic E-state index is 0.0231. The number of amides is 2. The number of ether oxygens (including phenoxy) is 1. The van der Waals surface area contributed by atoms with Crippen LogP contribution in [0.1, 0.15) is 30.4 Å². The number of anilines is 2. The average Bonchev–Trinajstić information content (AvgIpc) is 2.80. The molecule has 0 saturated carbocycles. The van der Waals surface area contributed by atoms with Crippen LogP contribution < -0.4 is 19.9 Å². The molecule has 0 atom stereocenters. The fourth-order valence-corrected chi connectivity index (χ4v) is 4.48. The van der Waals surface area contributed by atoms with Crippen molar-refractivity contribution in [2.24, 2.45) is 0 Å². The van der Waals surface area contributed by atoms with Gasteiger partial charge >= 0.3 is 0 Å². The molecule has 8 heteroatoms. The second-order valence-electron chi connectivity index (χ2n) is 7.82. The number of carbonyl (C=O) groups is 2. The molecule has 4 rings (SSSR count). The van der Waals surface area contributed by atoms with Crippen molar-refractivity contribution in [3.8, 4) is 5.75 Å². The maximum Gasteiger partial charge on any atom is 0.270 e. The zero-order valence-corrected chi connectivity index (χ0v) is 19.6. The zero-order valence-electron chi connectivity index (χ0n) is 18.0. The van der Waals surface area contributed by atoms with Crippen molar-refractivity contribution in [3.63, 3.8) is 0 Å². The Hall–Kier alpha value is -2.90. The molecule has 2 saturated heterocycles. The molecule has 2 aromatic carbocycles. The van der Waals surface area contributed by atoms with Crippen LogP contribution in [-0.4, -0.2) is 37.1 Å². The molecule has 1 N–H and O–H groups in total. The molecule has 0 aliphatic carbocycles. The summed E-state index contributed by atoms with van der Waals surface area (Å²) in [5.41, 5.74) is 2.92. The van der Waals surface area contributed by atoms with Gasteiger partial charge in [-0.1, -0.05) is 17.7 Å². The fourth-order valence-electron chi connectivity index (χ4n) is 4.04. The fraction of sp³-hybridized carbons (Fsp3) is 0.292. The van der Waals surface area contributed by atoms with Crippen LogP contribution in [-0.2, 0) is 9.59 Å². The summed E-state index contributed by atoms with van der Waals surface area (Å²) in [6, 6.07) is 11.0. The molecule has 2 amide bonds. The van der Waals surface area contributed by atoms with Gasteiger partial charge in [0.25, 0.3) is 11.8 Å². The summed E-state index contributed by atoms with van der Waals surface area (Å²) in [7, 11) is 1.58. The lowest BCUT2D eigenvalue weighted by Crippen LogP contribution is -2.54. The number of hydrogen-bond acceptors (Lipinski definition) is 5. The SMILES string of the molecule is COc1cc(N2CCCCC2)ccc1/C=C1\C(=O)NC(=S)N(c2cccc(Cl)c2C)C1=O. The van der Waals surface area contributed by atoms with Gasteiger partial charge in [0.1, 0.15) is 11.3 Å². The van der Waals surface area contributed by atoms with E-state index in [1.54, 1.807) is 38.3 Å². The standard InChI is InChI=1S/C24H24ClN3O3S/c1-15-19(25)7-6-8-20(15)28-23(30)18(22(29)26-24(28)32)13-16-9-10-17(14-21(16)31-2)27-11-4-3-5-12-27/h6-10,13-14H,3-5,11-12H2,1-2H3,(H,26,29,32)/b18-13+. The van der Waals surface area contributed by atoms with Crippen molar-refractivity contribution < 1.29 is 14.3 Å². The molecule has 0 bridgehead atoms. The number of benzene rings is 2. The number of halogens is 1. The number of methoxy groups -OCH3 is 1. The quantitative estimate of drug-likeness (QED) is 0.406. The van der Waals surface area contributed by atoms with Gasteiger partial charge in [-0.25, -0.2) is 0 Å².